The standard InChI is InChI=1S/C6H10Br2/c7-5-3-1-2-4-6-8/h1,3H,2,4-6H2/b3-1+. The van der Waals surface area contributed by atoms with Crippen LogP contribution in [-0.4, -0.2) is 10.7 Å². The van der Waals surface area contributed by atoms with Crippen LogP contribution < -0.4 is 0 Å². The zero-order valence-corrected chi connectivity index (χ0v) is 7.91. The molecule has 0 aliphatic rings. The van der Waals surface area contributed by atoms with Crippen molar-refractivity contribution >= 4 is 31.9 Å². The molecule has 0 saturated heterocycles. The van der Waals surface area contributed by atoms with Gasteiger partial charge in [0.1, 0.15) is 0 Å². The minimum absolute atomic E-state index is 0.981. The summed E-state index contributed by atoms with van der Waals surface area (Å²) in [6, 6.07) is 0. The monoisotopic (exact) mass is 240 g/mol. The zero-order chi connectivity index (χ0) is 6.24. The second-order valence-electron chi connectivity index (χ2n) is 1.46. The Bertz CT molecular complexity index is 59.5. The first-order valence-electron chi connectivity index (χ1n) is 2.68. The third kappa shape index (κ3) is 6.70. The predicted octanol–water partition coefficient (Wildman–Crippen LogP) is 3.11. The number of alkyl halides is 2. The van der Waals surface area contributed by atoms with Crippen LogP contribution in [0.25, 0.3) is 0 Å². The average molecular weight is 242 g/mol. The third-order valence-corrected chi connectivity index (χ3v) is 1.69. The zero-order valence-electron chi connectivity index (χ0n) is 4.74. The van der Waals surface area contributed by atoms with Crippen LogP contribution in [0.4, 0.5) is 0 Å². The summed E-state index contributed by atoms with van der Waals surface area (Å²) < 4.78 is 0. The van der Waals surface area contributed by atoms with Gasteiger partial charge in [0.25, 0.3) is 0 Å². The van der Waals surface area contributed by atoms with Crippen molar-refractivity contribution in [3.8, 4) is 0 Å². The van der Waals surface area contributed by atoms with E-state index in [1.165, 1.54) is 12.8 Å². The molecule has 0 spiro atoms. The summed E-state index contributed by atoms with van der Waals surface area (Å²) in [5, 5.41) is 2.09. The van der Waals surface area contributed by atoms with Crippen molar-refractivity contribution in [1.29, 1.82) is 0 Å². The Morgan fingerprint density at radius 2 is 1.88 bits per heavy atom. The summed E-state index contributed by atoms with van der Waals surface area (Å²) in [4.78, 5) is 0. The second-order valence-corrected chi connectivity index (χ2v) is 2.90. The lowest BCUT2D eigenvalue weighted by Crippen LogP contribution is -1.69. The molecule has 2 heteroatoms. The molecule has 0 amide bonds. The largest absolute Gasteiger partial charge is 0.0928 e. The molecule has 0 aliphatic heterocycles. The number of allylic oxidation sites excluding steroid dienone is 2. The van der Waals surface area contributed by atoms with Crippen LogP contribution in [0.1, 0.15) is 12.8 Å². The highest BCUT2D eigenvalue weighted by Gasteiger charge is 1.76. The molecule has 0 aromatic rings. The van der Waals surface area contributed by atoms with Gasteiger partial charge in [0.2, 0.25) is 0 Å². The van der Waals surface area contributed by atoms with Gasteiger partial charge in [0.05, 0.1) is 0 Å². The molecule has 0 bridgehead atoms. The highest BCUT2D eigenvalue weighted by atomic mass is 79.9. The maximum atomic E-state index is 3.36. The van der Waals surface area contributed by atoms with Gasteiger partial charge in [0.15, 0.2) is 0 Å². The van der Waals surface area contributed by atoms with Crippen molar-refractivity contribution in [2.45, 2.75) is 12.8 Å². The van der Waals surface area contributed by atoms with E-state index in [2.05, 4.69) is 44.0 Å². The molecule has 0 aromatic carbocycles. The van der Waals surface area contributed by atoms with Crippen molar-refractivity contribution in [2.75, 3.05) is 10.7 Å². The first kappa shape index (κ1) is 8.70. The van der Waals surface area contributed by atoms with E-state index >= 15 is 0 Å². The number of rotatable bonds is 4. The Labute approximate surface area is 67.6 Å². The number of unbranched alkanes of at least 4 members (excludes halogenated alkanes) is 1. The van der Waals surface area contributed by atoms with Gasteiger partial charge in [-0.15, -0.1) is 0 Å². The van der Waals surface area contributed by atoms with E-state index in [9.17, 15) is 0 Å². The molecule has 0 rings (SSSR count). The van der Waals surface area contributed by atoms with E-state index < -0.39 is 0 Å². The highest BCUT2D eigenvalue weighted by Crippen LogP contribution is 1.95. The van der Waals surface area contributed by atoms with Crippen molar-refractivity contribution in [3.63, 3.8) is 0 Å². The molecule has 0 unspecified atom stereocenters. The molecule has 0 heterocycles. The van der Waals surface area contributed by atoms with Gasteiger partial charge in [0, 0.05) is 10.7 Å². The lowest BCUT2D eigenvalue weighted by Gasteiger charge is -1.84. The van der Waals surface area contributed by atoms with E-state index in [0.29, 0.717) is 0 Å². The summed E-state index contributed by atoms with van der Waals surface area (Å²) >= 11 is 6.66. The second kappa shape index (κ2) is 7.70. The van der Waals surface area contributed by atoms with Crippen LogP contribution in [0.2, 0.25) is 0 Å². The summed E-state index contributed by atoms with van der Waals surface area (Å²) in [6.07, 6.45) is 6.75. The van der Waals surface area contributed by atoms with Gasteiger partial charge in [-0.05, 0) is 12.8 Å². The average Bonchev–Trinajstić information content (AvgIpc) is 1.81. The van der Waals surface area contributed by atoms with Gasteiger partial charge in [-0.2, -0.15) is 0 Å². The Hall–Kier alpha value is 0.700. The molecule has 0 saturated carbocycles. The smallest absolute Gasteiger partial charge is 0.0212 e. The molecule has 48 valence electrons. The molecule has 0 atom stereocenters. The van der Waals surface area contributed by atoms with Crippen molar-refractivity contribution < 1.29 is 0 Å². The van der Waals surface area contributed by atoms with Crippen LogP contribution in [0.5, 0.6) is 0 Å². The minimum atomic E-state index is 0.981. The molecule has 8 heavy (non-hydrogen) atoms. The topological polar surface area (TPSA) is 0 Å². The third-order valence-electron chi connectivity index (χ3n) is 0.760. The molecule has 0 aliphatic carbocycles. The van der Waals surface area contributed by atoms with E-state index in [1.807, 2.05) is 0 Å². The van der Waals surface area contributed by atoms with Crippen molar-refractivity contribution in [2.24, 2.45) is 0 Å². The molecule has 0 N–H and O–H groups in total. The fourth-order valence-electron chi connectivity index (χ4n) is 0.376. The fourth-order valence-corrected chi connectivity index (χ4v) is 0.964. The summed E-state index contributed by atoms with van der Waals surface area (Å²) in [7, 11) is 0. The van der Waals surface area contributed by atoms with Gasteiger partial charge in [-0.1, -0.05) is 44.0 Å². The normalized spacial score (nSPS) is 10.8. The van der Waals surface area contributed by atoms with Crippen LogP contribution >= 0.6 is 31.9 Å². The Kier molecular flexibility index (Phi) is 8.37. The SMILES string of the molecule is BrC/C=C/CCCBr. The molecular weight excluding hydrogens is 232 g/mol. The minimum Gasteiger partial charge on any atom is -0.0928 e. The first-order chi connectivity index (χ1) is 3.91. The Morgan fingerprint density at radius 1 is 1.12 bits per heavy atom. The summed E-state index contributed by atoms with van der Waals surface area (Å²) in [6.45, 7) is 0. The van der Waals surface area contributed by atoms with E-state index in [1.54, 1.807) is 0 Å². The molecule has 0 aromatic heterocycles. The Balaban J connectivity index is 2.80. The van der Waals surface area contributed by atoms with E-state index in [0.717, 1.165) is 10.7 Å². The predicted molar refractivity (Wildman–Crippen MR) is 46.0 cm³/mol. The maximum Gasteiger partial charge on any atom is 0.0212 e. The van der Waals surface area contributed by atoms with Crippen LogP contribution in [0.15, 0.2) is 12.2 Å². The molecule has 0 radical (unpaired) electrons. The Morgan fingerprint density at radius 3 is 2.38 bits per heavy atom. The van der Waals surface area contributed by atoms with Crippen molar-refractivity contribution in [1.82, 2.24) is 0 Å². The van der Waals surface area contributed by atoms with Gasteiger partial charge < -0.3 is 0 Å². The van der Waals surface area contributed by atoms with E-state index in [-0.39, 0.29) is 0 Å². The van der Waals surface area contributed by atoms with Gasteiger partial charge >= 0.3 is 0 Å². The van der Waals surface area contributed by atoms with Crippen LogP contribution in [0, 0.1) is 0 Å². The molecule has 0 nitrogen and oxygen atoms in total. The number of hydrogen-bond acceptors (Lipinski definition) is 0. The fraction of sp³-hybridized carbons (Fsp3) is 0.667. The van der Waals surface area contributed by atoms with Gasteiger partial charge in [-0.25, -0.2) is 0 Å². The molecule has 0 fully saturated rings. The highest BCUT2D eigenvalue weighted by molar-refractivity contribution is 9.09. The maximum absolute atomic E-state index is 3.36. The number of halogens is 2. The lowest BCUT2D eigenvalue weighted by atomic mass is 10.3. The van der Waals surface area contributed by atoms with Crippen molar-refractivity contribution in [3.05, 3.63) is 12.2 Å². The number of hydrogen-bond donors (Lipinski definition) is 0. The van der Waals surface area contributed by atoms with Crippen LogP contribution in [0.3, 0.4) is 0 Å². The van der Waals surface area contributed by atoms with E-state index in [4.69, 9.17) is 0 Å². The first-order valence-corrected chi connectivity index (χ1v) is 4.93. The quantitative estimate of drug-likeness (QED) is 0.403. The van der Waals surface area contributed by atoms with Gasteiger partial charge in [-0.3, -0.25) is 0 Å². The summed E-state index contributed by atoms with van der Waals surface area (Å²) in [5.74, 6) is 0. The summed E-state index contributed by atoms with van der Waals surface area (Å²) in [5.41, 5.74) is 0. The van der Waals surface area contributed by atoms with Crippen LogP contribution in [-0.2, 0) is 0 Å². The lowest BCUT2D eigenvalue weighted by molar-refractivity contribution is 0.978. The molecular formula is C6H10Br2.